The highest BCUT2D eigenvalue weighted by Gasteiger charge is 2.28. The minimum atomic E-state index is -3.52. The summed E-state index contributed by atoms with van der Waals surface area (Å²) < 4.78 is 27.2. The lowest BCUT2D eigenvalue weighted by molar-refractivity contribution is 0.0680. The standard InChI is InChI=1S/C19H29N3O3S/c1-15(20)16-8-12-21(13-9-16)19(23)17-6-5-7-18(14-17)26(24,25)22-10-3-2-4-11-22/h5-7,14-16H,2-4,8-13,20H2,1H3. The third-order valence-corrected chi connectivity index (χ3v) is 7.50. The van der Waals surface area contributed by atoms with Crippen molar-refractivity contribution in [1.82, 2.24) is 9.21 Å². The van der Waals surface area contributed by atoms with Gasteiger partial charge in [-0.1, -0.05) is 12.5 Å². The number of piperidine rings is 2. The van der Waals surface area contributed by atoms with Crippen LogP contribution in [0.1, 0.15) is 49.4 Å². The van der Waals surface area contributed by atoms with Gasteiger partial charge >= 0.3 is 0 Å². The van der Waals surface area contributed by atoms with Gasteiger partial charge in [0, 0.05) is 37.8 Å². The molecule has 2 heterocycles. The summed E-state index contributed by atoms with van der Waals surface area (Å²) in [5.74, 6) is 0.355. The Morgan fingerprint density at radius 1 is 1.12 bits per heavy atom. The normalized spacial score (nSPS) is 21.5. The van der Waals surface area contributed by atoms with Gasteiger partial charge in [0.25, 0.3) is 5.91 Å². The summed E-state index contributed by atoms with van der Waals surface area (Å²) in [5.41, 5.74) is 6.41. The average molecular weight is 380 g/mol. The third kappa shape index (κ3) is 4.10. The van der Waals surface area contributed by atoms with Crippen molar-refractivity contribution in [1.29, 1.82) is 0 Å². The molecule has 144 valence electrons. The topological polar surface area (TPSA) is 83.7 Å². The van der Waals surface area contributed by atoms with Crippen molar-refractivity contribution >= 4 is 15.9 Å². The number of likely N-dealkylation sites (tertiary alicyclic amines) is 1. The summed E-state index contributed by atoms with van der Waals surface area (Å²) in [5, 5.41) is 0. The molecule has 2 aliphatic rings. The number of carbonyl (C=O) groups is 1. The second-order valence-electron chi connectivity index (χ2n) is 7.48. The Hall–Kier alpha value is -1.44. The van der Waals surface area contributed by atoms with E-state index in [4.69, 9.17) is 5.73 Å². The van der Waals surface area contributed by atoms with Crippen molar-refractivity contribution in [2.75, 3.05) is 26.2 Å². The average Bonchev–Trinajstić information content (AvgIpc) is 2.68. The molecular weight excluding hydrogens is 350 g/mol. The lowest BCUT2D eigenvalue weighted by atomic mass is 9.90. The molecule has 0 aromatic heterocycles. The van der Waals surface area contributed by atoms with Crippen LogP contribution in [0.15, 0.2) is 29.2 Å². The molecule has 2 aliphatic heterocycles. The van der Waals surface area contributed by atoms with E-state index in [2.05, 4.69) is 0 Å². The number of hydrogen-bond donors (Lipinski definition) is 1. The molecule has 1 amide bonds. The molecule has 1 aromatic rings. The fraction of sp³-hybridized carbons (Fsp3) is 0.632. The van der Waals surface area contributed by atoms with Gasteiger partial charge in [-0.2, -0.15) is 4.31 Å². The Balaban J connectivity index is 1.74. The predicted octanol–water partition coefficient (Wildman–Crippen LogP) is 2.06. The summed E-state index contributed by atoms with van der Waals surface area (Å²) in [6.45, 7) is 4.48. The summed E-state index contributed by atoms with van der Waals surface area (Å²) in [7, 11) is -3.52. The van der Waals surface area contributed by atoms with Crippen molar-refractivity contribution in [2.24, 2.45) is 11.7 Å². The number of amides is 1. The van der Waals surface area contributed by atoms with E-state index in [1.807, 2.05) is 11.8 Å². The lowest BCUT2D eigenvalue weighted by Crippen LogP contribution is -2.42. The van der Waals surface area contributed by atoms with Crippen LogP contribution in [0.2, 0.25) is 0 Å². The monoisotopic (exact) mass is 379 g/mol. The van der Waals surface area contributed by atoms with Crippen LogP contribution in [0.5, 0.6) is 0 Å². The van der Waals surface area contributed by atoms with Crippen molar-refractivity contribution in [3.63, 3.8) is 0 Å². The maximum absolute atomic E-state index is 12.8. The molecule has 6 nitrogen and oxygen atoms in total. The van der Waals surface area contributed by atoms with Gasteiger partial charge in [0.2, 0.25) is 10.0 Å². The largest absolute Gasteiger partial charge is 0.339 e. The quantitative estimate of drug-likeness (QED) is 0.868. The van der Waals surface area contributed by atoms with Crippen molar-refractivity contribution < 1.29 is 13.2 Å². The zero-order chi connectivity index (χ0) is 18.7. The van der Waals surface area contributed by atoms with E-state index < -0.39 is 10.0 Å². The number of sulfonamides is 1. The third-order valence-electron chi connectivity index (χ3n) is 5.60. The van der Waals surface area contributed by atoms with Crippen molar-refractivity contribution in [3.8, 4) is 0 Å². The Morgan fingerprint density at radius 3 is 2.38 bits per heavy atom. The molecule has 3 rings (SSSR count). The van der Waals surface area contributed by atoms with Crippen molar-refractivity contribution in [2.45, 2.75) is 50.0 Å². The van der Waals surface area contributed by atoms with Crippen LogP contribution in [0, 0.1) is 5.92 Å². The zero-order valence-corrected chi connectivity index (χ0v) is 16.2. The van der Waals surface area contributed by atoms with Gasteiger partial charge in [0.15, 0.2) is 0 Å². The second kappa shape index (κ2) is 8.06. The molecule has 1 unspecified atom stereocenters. The van der Waals surface area contributed by atoms with Crippen LogP contribution in [0.25, 0.3) is 0 Å². The zero-order valence-electron chi connectivity index (χ0n) is 15.4. The van der Waals surface area contributed by atoms with Crippen LogP contribution in [-0.4, -0.2) is 55.8 Å². The lowest BCUT2D eigenvalue weighted by Gasteiger charge is -2.33. The molecule has 26 heavy (non-hydrogen) atoms. The van der Waals surface area contributed by atoms with Crippen LogP contribution in [0.4, 0.5) is 0 Å². The minimum Gasteiger partial charge on any atom is -0.339 e. The first-order valence-electron chi connectivity index (χ1n) is 9.54. The molecule has 2 N–H and O–H groups in total. The molecule has 0 spiro atoms. The molecule has 0 saturated carbocycles. The maximum Gasteiger partial charge on any atom is 0.253 e. The maximum atomic E-state index is 12.8. The molecule has 0 aliphatic carbocycles. The van der Waals surface area contributed by atoms with Gasteiger partial charge in [-0.15, -0.1) is 0 Å². The molecule has 2 fully saturated rings. The highest BCUT2D eigenvalue weighted by molar-refractivity contribution is 7.89. The van der Waals surface area contributed by atoms with Gasteiger partial charge in [-0.05, 0) is 56.7 Å². The molecule has 0 radical (unpaired) electrons. The Bertz CT molecular complexity index is 734. The molecule has 1 aromatic carbocycles. The molecular formula is C19H29N3O3S. The SMILES string of the molecule is CC(N)C1CCN(C(=O)c2cccc(S(=O)(=O)N3CCCCC3)c2)CC1. The van der Waals surface area contributed by atoms with Crippen LogP contribution < -0.4 is 5.73 Å². The number of nitrogens with zero attached hydrogens (tertiary/aromatic N) is 2. The van der Waals surface area contributed by atoms with Gasteiger partial charge < -0.3 is 10.6 Å². The fourth-order valence-electron chi connectivity index (χ4n) is 3.85. The summed E-state index contributed by atoms with van der Waals surface area (Å²) >= 11 is 0. The van der Waals surface area contributed by atoms with E-state index in [0.29, 0.717) is 37.7 Å². The van der Waals surface area contributed by atoms with E-state index in [9.17, 15) is 13.2 Å². The van der Waals surface area contributed by atoms with E-state index in [-0.39, 0.29) is 16.8 Å². The number of nitrogens with two attached hydrogens (primary N) is 1. The molecule has 0 bridgehead atoms. The Labute approximate surface area is 156 Å². The van der Waals surface area contributed by atoms with Crippen molar-refractivity contribution in [3.05, 3.63) is 29.8 Å². The van der Waals surface area contributed by atoms with Crippen LogP contribution in [0.3, 0.4) is 0 Å². The van der Waals surface area contributed by atoms with Crippen LogP contribution in [-0.2, 0) is 10.0 Å². The van der Waals surface area contributed by atoms with E-state index in [1.165, 1.54) is 10.4 Å². The molecule has 7 heteroatoms. The number of benzene rings is 1. The Morgan fingerprint density at radius 2 is 1.77 bits per heavy atom. The highest BCUT2D eigenvalue weighted by atomic mass is 32.2. The molecule has 1 atom stereocenters. The number of rotatable bonds is 4. The minimum absolute atomic E-state index is 0.0937. The van der Waals surface area contributed by atoms with Crippen LogP contribution >= 0.6 is 0 Å². The van der Waals surface area contributed by atoms with Gasteiger partial charge in [0.1, 0.15) is 0 Å². The van der Waals surface area contributed by atoms with E-state index in [1.54, 1.807) is 18.2 Å². The van der Waals surface area contributed by atoms with E-state index in [0.717, 1.165) is 32.1 Å². The fourth-order valence-corrected chi connectivity index (χ4v) is 5.42. The predicted molar refractivity (Wildman–Crippen MR) is 101 cm³/mol. The molecule has 2 saturated heterocycles. The number of carbonyl (C=O) groups excluding carboxylic acids is 1. The van der Waals surface area contributed by atoms with Gasteiger partial charge in [-0.25, -0.2) is 8.42 Å². The van der Waals surface area contributed by atoms with Gasteiger partial charge in [-0.3, -0.25) is 4.79 Å². The smallest absolute Gasteiger partial charge is 0.253 e. The second-order valence-corrected chi connectivity index (χ2v) is 9.42. The van der Waals surface area contributed by atoms with Gasteiger partial charge in [0.05, 0.1) is 4.90 Å². The first-order chi connectivity index (χ1) is 12.4. The highest BCUT2D eigenvalue weighted by Crippen LogP contribution is 2.24. The first kappa shape index (κ1) is 19.3. The Kier molecular flexibility index (Phi) is 5.99. The summed E-state index contributed by atoms with van der Waals surface area (Å²) in [6.07, 6.45) is 4.66. The summed E-state index contributed by atoms with van der Waals surface area (Å²) in [4.78, 5) is 14.8. The first-order valence-corrected chi connectivity index (χ1v) is 11.0. The van der Waals surface area contributed by atoms with E-state index >= 15 is 0 Å². The number of hydrogen-bond acceptors (Lipinski definition) is 4. The summed E-state index contributed by atoms with van der Waals surface area (Å²) in [6, 6.07) is 6.63.